The van der Waals surface area contributed by atoms with Crippen LogP contribution in [0, 0.1) is 5.82 Å². The number of ether oxygens (including phenoxy) is 1. The van der Waals surface area contributed by atoms with Gasteiger partial charge >= 0.3 is 0 Å². The Morgan fingerprint density at radius 3 is 2.59 bits per heavy atom. The van der Waals surface area contributed by atoms with Gasteiger partial charge in [-0.15, -0.1) is 0 Å². The normalized spacial score (nSPS) is 19.2. The van der Waals surface area contributed by atoms with Gasteiger partial charge in [0, 0.05) is 25.8 Å². The molecule has 0 bridgehead atoms. The van der Waals surface area contributed by atoms with Crippen molar-refractivity contribution < 1.29 is 14.2 Å². The molecular weight excluding hydrogens is 221 g/mol. The van der Waals surface area contributed by atoms with Crippen LogP contribution in [0.2, 0.25) is 0 Å². The van der Waals surface area contributed by atoms with Crippen LogP contribution in [0.1, 0.15) is 24.5 Å². The molecule has 0 spiro atoms. The van der Waals surface area contributed by atoms with E-state index in [0.717, 1.165) is 31.6 Å². The Morgan fingerprint density at radius 2 is 1.94 bits per heavy atom. The summed E-state index contributed by atoms with van der Waals surface area (Å²) < 4.78 is 18.0. The molecule has 4 heteroatoms. The summed E-state index contributed by atoms with van der Waals surface area (Å²) in [7, 11) is 0. The smallest absolute Gasteiger partial charge is 0.123 e. The first-order valence-corrected chi connectivity index (χ1v) is 6.00. The third-order valence-corrected chi connectivity index (χ3v) is 3.08. The van der Waals surface area contributed by atoms with Crippen LogP contribution in [0.4, 0.5) is 4.39 Å². The topological polar surface area (TPSA) is 41.5 Å². The van der Waals surface area contributed by atoms with E-state index in [-0.39, 0.29) is 5.82 Å². The van der Waals surface area contributed by atoms with Crippen molar-refractivity contribution in [2.24, 2.45) is 0 Å². The third kappa shape index (κ3) is 3.77. The zero-order valence-corrected chi connectivity index (χ0v) is 9.73. The average molecular weight is 239 g/mol. The minimum Gasteiger partial charge on any atom is -0.387 e. The van der Waals surface area contributed by atoms with E-state index < -0.39 is 6.10 Å². The van der Waals surface area contributed by atoms with Crippen molar-refractivity contribution in [2.75, 3.05) is 19.8 Å². The van der Waals surface area contributed by atoms with Gasteiger partial charge in [-0.05, 0) is 30.5 Å². The SMILES string of the molecule is OC(CNC1CCOCC1)c1ccc(F)cc1. The first-order chi connectivity index (χ1) is 8.25. The molecule has 17 heavy (non-hydrogen) atoms. The van der Waals surface area contributed by atoms with Crippen molar-refractivity contribution in [3.8, 4) is 0 Å². The summed E-state index contributed by atoms with van der Waals surface area (Å²) in [6.45, 7) is 2.06. The van der Waals surface area contributed by atoms with Crippen LogP contribution < -0.4 is 5.32 Å². The number of nitrogens with one attached hydrogen (secondary N) is 1. The molecule has 1 unspecified atom stereocenters. The number of rotatable bonds is 4. The van der Waals surface area contributed by atoms with Crippen molar-refractivity contribution >= 4 is 0 Å². The van der Waals surface area contributed by atoms with Gasteiger partial charge in [0.25, 0.3) is 0 Å². The highest BCUT2D eigenvalue weighted by Gasteiger charge is 2.15. The second-order valence-electron chi connectivity index (χ2n) is 4.36. The van der Waals surface area contributed by atoms with Crippen LogP contribution in [0.5, 0.6) is 0 Å². The monoisotopic (exact) mass is 239 g/mol. The molecule has 1 fully saturated rings. The molecule has 94 valence electrons. The molecule has 0 saturated carbocycles. The Labute approximate surface area is 101 Å². The van der Waals surface area contributed by atoms with Crippen LogP contribution in [-0.4, -0.2) is 30.9 Å². The average Bonchev–Trinajstić information content (AvgIpc) is 2.38. The molecule has 1 heterocycles. The van der Waals surface area contributed by atoms with Gasteiger partial charge in [0.15, 0.2) is 0 Å². The Kier molecular flexibility index (Phi) is 4.48. The van der Waals surface area contributed by atoms with Gasteiger partial charge in [-0.25, -0.2) is 4.39 Å². The number of hydrogen-bond acceptors (Lipinski definition) is 3. The highest BCUT2D eigenvalue weighted by atomic mass is 19.1. The maximum Gasteiger partial charge on any atom is 0.123 e. The van der Waals surface area contributed by atoms with E-state index in [9.17, 15) is 9.50 Å². The van der Waals surface area contributed by atoms with Gasteiger partial charge in [-0.2, -0.15) is 0 Å². The fraction of sp³-hybridized carbons (Fsp3) is 0.538. The predicted molar refractivity (Wildman–Crippen MR) is 63.2 cm³/mol. The highest BCUT2D eigenvalue weighted by molar-refractivity contribution is 5.18. The van der Waals surface area contributed by atoms with E-state index in [1.807, 2.05) is 0 Å². The maximum atomic E-state index is 12.7. The maximum absolute atomic E-state index is 12.7. The molecule has 0 aromatic heterocycles. The number of aliphatic hydroxyl groups is 1. The van der Waals surface area contributed by atoms with Crippen molar-refractivity contribution in [2.45, 2.75) is 25.0 Å². The van der Waals surface area contributed by atoms with Crippen LogP contribution in [0.3, 0.4) is 0 Å². The molecule has 3 nitrogen and oxygen atoms in total. The fourth-order valence-corrected chi connectivity index (χ4v) is 1.98. The van der Waals surface area contributed by atoms with Gasteiger partial charge in [0.05, 0.1) is 6.10 Å². The van der Waals surface area contributed by atoms with E-state index in [1.54, 1.807) is 12.1 Å². The van der Waals surface area contributed by atoms with Gasteiger partial charge in [-0.3, -0.25) is 0 Å². The minimum absolute atomic E-state index is 0.279. The van der Waals surface area contributed by atoms with Crippen LogP contribution in [0.25, 0.3) is 0 Å². The second kappa shape index (κ2) is 6.10. The minimum atomic E-state index is -0.585. The zero-order valence-electron chi connectivity index (χ0n) is 9.73. The summed E-state index contributed by atoms with van der Waals surface area (Å²) in [4.78, 5) is 0. The summed E-state index contributed by atoms with van der Waals surface area (Å²) >= 11 is 0. The number of halogens is 1. The first kappa shape index (κ1) is 12.5. The van der Waals surface area contributed by atoms with Gasteiger partial charge in [0.2, 0.25) is 0 Å². The zero-order chi connectivity index (χ0) is 12.1. The summed E-state index contributed by atoms with van der Waals surface area (Å²) in [5, 5.41) is 13.2. The molecule has 1 saturated heterocycles. The Morgan fingerprint density at radius 1 is 1.29 bits per heavy atom. The van der Waals surface area contributed by atoms with E-state index in [1.165, 1.54) is 12.1 Å². The standard InChI is InChI=1S/C13H18FNO2/c14-11-3-1-10(2-4-11)13(16)9-15-12-5-7-17-8-6-12/h1-4,12-13,15-16H,5-9H2. The van der Waals surface area contributed by atoms with E-state index in [0.29, 0.717) is 12.6 Å². The van der Waals surface area contributed by atoms with Gasteiger partial charge in [-0.1, -0.05) is 12.1 Å². The molecule has 0 amide bonds. The van der Waals surface area contributed by atoms with Crippen molar-refractivity contribution in [3.05, 3.63) is 35.6 Å². The molecule has 2 N–H and O–H groups in total. The summed E-state index contributed by atoms with van der Waals surface area (Å²) in [5.41, 5.74) is 0.742. The van der Waals surface area contributed by atoms with E-state index in [2.05, 4.69) is 5.32 Å². The number of benzene rings is 1. The van der Waals surface area contributed by atoms with Gasteiger partial charge in [0.1, 0.15) is 5.82 Å². The molecular formula is C13H18FNO2. The lowest BCUT2D eigenvalue weighted by atomic mass is 10.1. The van der Waals surface area contributed by atoms with Crippen LogP contribution in [0.15, 0.2) is 24.3 Å². The fourth-order valence-electron chi connectivity index (χ4n) is 1.98. The first-order valence-electron chi connectivity index (χ1n) is 6.00. The lowest BCUT2D eigenvalue weighted by Gasteiger charge is -2.24. The second-order valence-corrected chi connectivity index (χ2v) is 4.36. The van der Waals surface area contributed by atoms with Gasteiger partial charge < -0.3 is 15.2 Å². The summed E-state index contributed by atoms with van der Waals surface area (Å²) in [6.07, 6.45) is 1.38. The van der Waals surface area contributed by atoms with Crippen molar-refractivity contribution in [1.82, 2.24) is 5.32 Å². The molecule has 1 aliphatic rings. The molecule has 0 radical (unpaired) electrons. The molecule has 2 rings (SSSR count). The van der Waals surface area contributed by atoms with Crippen molar-refractivity contribution in [1.29, 1.82) is 0 Å². The van der Waals surface area contributed by atoms with Crippen LogP contribution in [-0.2, 0) is 4.74 Å². The van der Waals surface area contributed by atoms with E-state index in [4.69, 9.17) is 4.74 Å². The Balaban J connectivity index is 1.80. The van der Waals surface area contributed by atoms with Crippen molar-refractivity contribution in [3.63, 3.8) is 0 Å². The summed E-state index contributed by atoms with van der Waals surface area (Å²) in [5.74, 6) is -0.279. The lowest BCUT2D eigenvalue weighted by Crippen LogP contribution is -2.37. The quantitative estimate of drug-likeness (QED) is 0.839. The number of aliphatic hydroxyl groups excluding tert-OH is 1. The molecule has 1 aliphatic heterocycles. The summed E-state index contributed by atoms with van der Waals surface area (Å²) in [6, 6.07) is 6.39. The molecule has 0 aliphatic carbocycles. The molecule has 1 aromatic rings. The van der Waals surface area contributed by atoms with Crippen LogP contribution >= 0.6 is 0 Å². The Bertz CT molecular complexity index is 336. The third-order valence-electron chi connectivity index (χ3n) is 3.08. The highest BCUT2D eigenvalue weighted by Crippen LogP contribution is 2.14. The Hall–Kier alpha value is -0.970. The number of hydrogen-bond donors (Lipinski definition) is 2. The molecule has 1 atom stereocenters. The van der Waals surface area contributed by atoms with E-state index >= 15 is 0 Å². The molecule has 1 aromatic carbocycles. The predicted octanol–water partition coefficient (Wildman–Crippen LogP) is 1.63. The lowest BCUT2D eigenvalue weighted by molar-refractivity contribution is 0.0724. The largest absolute Gasteiger partial charge is 0.387 e.